The molecule has 35 heavy (non-hydrogen) atoms. The molecule has 0 aliphatic heterocycles. The molecule has 0 aromatic heterocycles. The maximum Gasteiger partial charge on any atom is 0.416 e. The molecule has 1 aromatic carbocycles. The molecule has 0 spiro atoms. The minimum absolute atomic E-state index is 0.0133. The number of nitrogens with zero attached hydrogens (tertiary/aromatic N) is 2. The summed E-state index contributed by atoms with van der Waals surface area (Å²) < 4.78 is 38.3. The van der Waals surface area contributed by atoms with Crippen molar-refractivity contribution in [1.82, 2.24) is 16.1 Å². The number of nitro groups is 1. The lowest BCUT2D eigenvalue weighted by atomic mass is 10.0. The molecule has 0 aliphatic carbocycles. The number of aliphatic imine (C=N–C) groups is 1. The van der Waals surface area contributed by atoms with Gasteiger partial charge in [-0.1, -0.05) is 19.3 Å². The number of nitrogens with one attached hydrogen (secondary N) is 3. The lowest BCUT2D eigenvalue weighted by molar-refractivity contribution is -0.525. The number of amides is 3. The van der Waals surface area contributed by atoms with Crippen LogP contribution in [0.2, 0.25) is 0 Å². The van der Waals surface area contributed by atoms with Gasteiger partial charge in [0, 0.05) is 12.1 Å². The molecule has 15 heteroatoms. The Morgan fingerprint density at radius 2 is 1.69 bits per heavy atom. The molecule has 0 heterocycles. The summed E-state index contributed by atoms with van der Waals surface area (Å²) in [5.41, 5.74) is 11.2. The zero-order valence-electron chi connectivity index (χ0n) is 19.1. The number of rotatable bonds is 12. The van der Waals surface area contributed by atoms with Gasteiger partial charge in [-0.2, -0.15) is 13.2 Å². The predicted molar refractivity (Wildman–Crippen MR) is 119 cm³/mol. The van der Waals surface area contributed by atoms with Gasteiger partial charge in [-0.15, -0.1) is 0 Å². The molecular weight excluding hydrogens is 475 g/mol. The van der Waals surface area contributed by atoms with Gasteiger partial charge >= 0.3 is 6.18 Å². The van der Waals surface area contributed by atoms with Crippen LogP contribution in [0.3, 0.4) is 0 Å². The number of hydrogen-bond acceptors (Lipinski definition) is 6. The number of hydrogen-bond donors (Lipinski definition) is 5. The van der Waals surface area contributed by atoms with Gasteiger partial charge in [-0.05, 0) is 49.4 Å². The summed E-state index contributed by atoms with van der Waals surface area (Å²) >= 11 is 0. The average molecular weight is 503 g/mol. The summed E-state index contributed by atoms with van der Waals surface area (Å²) in [6.07, 6.45) is -4.23. The molecule has 1 rings (SSSR count). The van der Waals surface area contributed by atoms with Crippen LogP contribution >= 0.6 is 0 Å². The van der Waals surface area contributed by atoms with Crippen LogP contribution in [0.1, 0.15) is 49.0 Å². The summed E-state index contributed by atoms with van der Waals surface area (Å²) in [6.45, 7) is 3.58. The number of alkyl halides is 3. The van der Waals surface area contributed by atoms with Gasteiger partial charge in [-0.25, -0.2) is 15.1 Å². The van der Waals surface area contributed by atoms with Crippen LogP contribution in [-0.2, 0) is 15.8 Å². The van der Waals surface area contributed by atoms with Gasteiger partial charge < -0.3 is 22.1 Å². The van der Waals surface area contributed by atoms with Crippen LogP contribution in [0.4, 0.5) is 13.2 Å². The van der Waals surface area contributed by atoms with Crippen molar-refractivity contribution in [1.29, 1.82) is 0 Å². The highest BCUT2D eigenvalue weighted by Crippen LogP contribution is 2.29. The van der Waals surface area contributed by atoms with Gasteiger partial charge in [0.15, 0.2) is 5.03 Å². The van der Waals surface area contributed by atoms with Crippen molar-refractivity contribution in [2.75, 3.05) is 6.54 Å². The molecule has 0 unspecified atom stereocenters. The second-order valence-corrected chi connectivity index (χ2v) is 7.97. The van der Waals surface area contributed by atoms with Crippen molar-refractivity contribution in [2.24, 2.45) is 22.4 Å². The monoisotopic (exact) mass is 503 g/mol. The fraction of sp³-hybridized carbons (Fsp3) is 0.500. The number of guanidine groups is 1. The Bertz CT molecular complexity index is 936. The minimum Gasteiger partial charge on any atom is -0.368 e. The second kappa shape index (κ2) is 13.1. The van der Waals surface area contributed by atoms with Crippen molar-refractivity contribution in [3.05, 3.63) is 45.5 Å². The lowest BCUT2D eigenvalue weighted by Gasteiger charge is -2.23. The van der Waals surface area contributed by atoms with Crippen LogP contribution in [0.25, 0.3) is 0 Å². The number of carbonyl (C=O) groups excluding carboxylic acids is 3. The first-order valence-corrected chi connectivity index (χ1v) is 10.5. The molecule has 7 N–H and O–H groups in total. The highest BCUT2D eigenvalue weighted by Gasteiger charge is 2.31. The zero-order chi connectivity index (χ0) is 26.8. The zero-order valence-corrected chi connectivity index (χ0v) is 19.1. The third-order valence-electron chi connectivity index (χ3n) is 4.60. The summed E-state index contributed by atoms with van der Waals surface area (Å²) in [6, 6.07) is 1.17. The normalized spacial score (nSPS) is 13.6. The van der Waals surface area contributed by atoms with Gasteiger partial charge in [0.25, 0.3) is 11.9 Å². The summed E-state index contributed by atoms with van der Waals surface area (Å²) in [5, 5.41) is 14.3. The molecule has 0 fully saturated rings. The van der Waals surface area contributed by atoms with Gasteiger partial charge in [0.05, 0.1) is 5.56 Å². The van der Waals surface area contributed by atoms with Gasteiger partial charge in [0.2, 0.25) is 11.8 Å². The lowest BCUT2D eigenvalue weighted by Crippen LogP contribution is -2.53. The number of primary amides is 1. The smallest absolute Gasteiger partial charge is 0.368 e. The Hall–Kier alpha value is -3.91. The third kappa shape index (κ3) is 10.7. The first kappa shape index (κ1) is 29.1. The first-order valence-electron chi connectivity index (χ1n) is 10.5. The fourth-order valence-electron chi connectivity index (χ4n) is 2.93. The summed E-state index contributed by atoms with van der Waals surface area (Å²) in [7, 11) is 0. The minimum atomic E-state index is -4.58. The largest absolute Gasteiger partial charge is 0.416 e. The first-order chi connectivity index (χ1) is 16.2. The van der Waals surface area contributed by atoms with E-state index in [1.54, 1.807) is 5.43 Å². The Morgan fingerprint density at radius 3 is 2.17 bits per heavy atom. The highest BCUT2D eigenvalue weighted by molar-refractivity contribution is 5.98. The van der Waals surface area contributed by atoms with Crippen LogP contribution < -0.4 is 27.5 Å². The number of benzene rings is 1. The molecular formula is C20H28F3N7O5. The molecule has 194 valence electrons. The van der Waals surface area contributed by atoms with E-state index in [1.807, 2.05) is 13.8 Å². The van der Waals surface area contributed by atoms with E-state index in [0.29, 0.717) is 0 Å². The molecule has 12 nitrogen and oxygen atoms in total. The summed E-state index contributed by atoms with van der Waals surface area (Å²) in [4.78, 5) is 51.2. The molecule has 3 amide bonds. The maximum absolute atomic E-state index is 12.8. The Balaban J connectivity index is 2.97. The van der Waals surface area contributed by atoms with Crippen molar-refractivity contribution < 1.29 is 32.6 Å². The van der Waals surface area contributed by atoms with E-state index >= 15 is 0 Å². The van der Waals surface area contributed by atoms with Crippen molar-refractivity contribution in [3.8, 4) is 0 Å². The van der Waals surface area contributed by atoms with E-state index in [4.69, 9.17) is 11.5 Å². The van der Waals surface area contributed by atoms with Crippen molar-refractivity contribution >= 4 is 23.7 Å². The van der Waals surface area contributed by atoms with Gasteiger partial charge in [0.1, 0.15) is 12.1 Å². The van der Waals surface area contributed by atoms with E-state index < -0.39 is 52.5 Å². The SMILES string of the molecule is CC(C)C[C@H](NC(=O)[C@H](CCCN=C(N)N[N+](=O)[O-])NC(=O)c1ccc(C(F)(F)F)cc1)C(N)=O. The molecule has 0 radical (unpaired) electrons. The van der Waals surface area contributed by atoms with Crippen LogP contribution in [-0.4, -0.2) is 47.3 Å². The topological polar surface area (TPSA) is 195 Å². The van der Waals surface area contributed by atoms with E-state index in [-0.39, 0.29) is 37.3 Å². The van der Waals surface area contributed by atoms with E-state index in [1.165, 1.54) is 0 Å². The summed E-state index contributed by atoms with van der Waals surface area (Å²) in [5.74, 6) is -2.79. The standard InChI is InChI=1S/C20H28F3N7O5/c1-11(2)10-15(16(24)31)28-18(33)14(4-3-9-26-19(25)29-30(34)35)27-17(32)12-5-7-13(8-6-12)20(21,22)23/h5-8,11,14-15H,3-4,9-10H2,1-2H3,(H2,24,31)(H,27,32)(H,28,33)(H3,25,26,29)/t14-,15-/m0/s1. The molecule has 1 aromatic rings. The Labute approximate surface area is 198 Å². The van der Waals surface area contributed by atoms with Crippen molar-refractivity contribution in [3.63, 3.8) is 0 Å². The number of hydrazine groups is 1. The number of nitrogens with two attached hydrogens (primary N) is 2. The third-order valence-corrected chi connectivity index (χ3v) is 4.60. The van der Waals surface area contributed by atoms with Crippen LogP contribution in [0.5, 0.6) is 0 Å². The van der Waals surface area contributed by atoms with E-state index in [9.17, 15) is 37.7 Å². The number of halogens is 3. The molecule has 0 aliphatic rings. The Kier molecular flexibility index (Phi) is 10.9. The average Bonchev–Trinajstić information content (AvgIpc) is 2.73. The molecule has 0 saturated heterocycles. The number of carbonyl (C=O) groups is 3. The van der Waals surface area contributed by atoms with Gasteiger partial charge in [-0.3, -0.25) is 14.4 Å². The van der Waals surface area contributed by atoms with Crippen molar-refractivity contribution in [2.45, 2.75) is 51.4 Å². The Morgan fingerprint density at radius 1 is 1.09 bits per heavy atom. The molecule has 2 atom stereocenters. The fourth-order valence-corrected chi connectivity index (χ4v) is 2.93. The maximum atomic E-state index is 12.8. The highest BCUT2D eigenvalue weighted by atomic mass is 19.4. The van der Waals surface area contributed by atoms with E-state index in [0.717, 1.165) is 24.3 Å². The van der Waals surface area contributed by atoms with E-state index in [2.05, 4.69) is 15.6 Å². The molecule has 0 saturated carbocycles. The van der Waals surface area contributed by atoms with Crippen LogP contribution in [0.15, 0.2) is 29.3 Å². The molecule has 0 bridgehead atoms. The van der Waals surface area contributed by atoms with Crippen LogP contribution in [0, 0.1) is 16.0 Å². The quantitative estimate of drug-likeness (QED) is 0.0909. The second-order valence-electron chi connectivity index (χ2n) is 7.97. The predicted octanol–water partition coefficient (Wildman–Crippen LogP) is 0.696.